The monoisotopic (exact) mass is 329 g/mol. The van der Waals surface area contributed by atoms with Crippen molar-refractivity contribution >= 4 is 11.9 Å². The van der Waals surface area contributed by atoms with Gasteiger partial charge in [0.25, 0.3) is 5.91 Å². The average Bonchev–Trinajstić information content (AvgIpc) is 2.94. The van der Waals surface area contributed by atoms with Gasteiger partial charge < -0.3 is 14.7 Å². The summed E-state index contributed by atoms with van der Waals surface area (Å²) in [6.07, 6.45) is 7.61. The highest BCUT2D eigenvalue weighted by Gasteiger charge is 2.35. The number of amides is 1. The lowest BCUT2D eigenvalue weighted by Gasteiger charge is -2.30. The van der Waals surface area contributed by atoms with Gasteiger partial charge in [0.15, 0.2) is 0 Å². The van der Waals surface area contributed by atoms with Crippen LogP contribution in [0.15, 0.2) is 42.2 Å². The van der Waals surface area contributed by atoms with E-state index in [2.05, 4.69) is 0 Å². The molecule has 0 bridgehead atoms. The Morgan fingerprint density at radius 1 is 1.21 bits per heavy atom. The zero-order chi connectivity index (χ0) is 16.9. The van der Waals surface area contributed by atoms with Crippen molar-refractivity contribution in [2.24, 2.45) is 5.92 Å². The highest BCUT2D eigenvalue weighted by atomic mass is 16.5. The van der Waals surface area contributed by atoms with E-state index in [4.69, 9.17) is 4.74 Å². The van der Waals surface area contributed by atoms with Crippen molar-refractivity contribution in [1.29, 1.82) is 0 Å². The van der Waals surface area contributed by atoms with Crippen molar-refractivity contribution in [1.82, 2.24) is 4.90 Å². The third-order valence-electron chi connectivity index (χ3n) is 4.83. The topological polar surface area (TPSA) is 66.8 Å². The molecule has 1 aliphatic heterocycles. The number of hydrogen-bond acceptors (Lipinski definition) is 3. The second-order valence-corrected chi connectivity index (χ2v) is 6.59. The second kappa shape index (κ2) is 7.51. The molecule has 1 aliphatic carbocycles. The van der Waals surface area contributed by atoms with Crippen molar-refractivity contribution in [3.8, 4) is 5.75 Å². The lowest BCUT2D eigenvalue weighted by molar-refractivity contribution is -0.148. The van der Waals surface area contributed by atoms with E-state index in [0.29, 0.717) is 23.8 Å². The van der Waals surface area contributed by atoms with Crippen LogP contribution in [0, 0.1) is 5.92 Å². The molecule has 1 amide bonds. The number of aliphatic carboxylic acids is 1. The SMILES string of the molecule is O=C(O)C(CC1CCCCC1)N1CC(Oc2ccccc2)=CC1=O. The maximum absolute atomic E-state index is 12.3. The van der Waals surface area contributed by atoms with E-state index in [9.17, 15) is 14.7 Å². The molecular formula is C19H23NO4. The zero-order valence-corrected chi connectivity index (χ0v) is 13.7. The summed E-state index contributed by atoms with van der Waals surface area (Å²) >= 11 is 0. The third kappa shape index (κ3) is 3.96. The summed E-state index contributed by atoms with van der Waals surface area (Å²) in [7, 11) is 0. The fourth-order valence-corrected chi connectivity index (χ4v) is 3.58. The van der Waals surface area contributed by atoms with Gasteiger partial charge in [0.05, 0.1) is 6.54 Å². The van der Waals surface area contributed by atoms with E-state index in [1.54, 1.807) is 0 Å². The molecule has 0 radical (unpaired) electrons. The first-order chi connectivity index (χ1) is 11.6. The Bertz CT molecular complexity index is 620. The number of ether oxygens (including phenoxy) is 1. The highest BCUT2D eigenvalue weighted by Crippen LogP contribution is 2.30. The Hall–Kier alpha value is -2.30. The number of carbonyl (C=O) groups excluding carboxylic acids is 1. The Balaban J connectivity index is 1.64. The van der Waals surface area contributed by atoms with E-state index in [1.807, 2.05) is 30.3 Å². The normalized spacial score (nSPS) is 19.9. The Morgan fingerprint density at radius 2 is 1.92 bits per heavy atom. The van der Waals surface area contributed by atoms with E-state index >= 15 is 0 Å². The number of nitrogens with zero attached hydrogens (tertiary/aromatic N) is 1. The molecule has 1 atom stereocenters. The Morgan fingerprint density at radius 3 is 2.58 bits per heavy atom. The first-order valence-corrected chi connectivity index (χ1v) is 8.60. The number of carboxylic acid groups (broad SMARTS) is 1. The molecule has 1 saturated carbocycles. The summed E-state index contributed by atoms with van der Waals surface area (Å²) < 4.78 is 5.70. The van der Waals surface area contributed by atoms with Crippen LogP contribution in [0.2, 0.25) is 0 Å². The van der Waals surface area contributed by atoms with Crippen LogP contribution in [-0.4, -0.2) is 34.5 Å². The number of benzene rings is 1. The minimum atomic E-state index is -0.928. The summed E-state index contributed by atoms with van der Waals surface area (Å²) in [6, 6.07) is 8.45. The largest absolute Gasteiger partial charge is 0.480 e. The lowest BCUT2D eigenvalue weighted by Crippen LogP contribution is -2.44. The number of rotatable bonds is 6. The zero-order valence-electron chi connectivity index (χ0n) is 13.7. The molecule has 0 spiro atoms. The Kier molecular flexibility index (Phi) is 5.18. The molecule has 3 rings (SSSR count). The summed E-state index contributed by atoms with van der Waals surface area (Å²) in [5, 5.41) is 9.60. The van der Waals surface area contributed by atoms with E-state index in [1.165, 1.54) is 17.4 Å². The average molecular weight is 329 g/mol. The summed E-state index contributed by atoms with van der Waals surface area (Å²) in [5.74, 6) is 0.345. The summed E-state index contributed by atoms with van der Waals surface area (Å²) in [4.78, 5) is 25.4. The summed E-state index contributed by atoms with van der Waals surface area (Å²) in [5.41, 5.74) is 0. The van der Waals surface area contributed by atoms with Gasteiger partial charge in [-0.25, -0.2) is 4.79 Å². The van der Waals surface area contributed by atoms with Crippen LogP contribution in [0.5, 0.6) is 5.75 Å². The fraction of sp³-hybridized carbons (Fsp3) is 0.474. The molecule has 0 saturated heterocycles. The van der Waals surface area contributed by atoms with Gasteiger partial charge in [0.2, 0.25) is 0 Å². The van der Waals surface area contributed by atoms with Gasteiger partial charge in [0, 0.05) is 6.08 Å². The van der Waals surface area contributed by atoms with Crippen molar-refractivity contribution in [2.75, 3.05) is 6.54 Å². The third-order valence-corrected chi connectivity index (χ3v) is 4.83. The number of carbonyl (C=O) groups is 2. The molecule has 1 aromatic carbocycles. The number of hydrogen-bond donors (Lipinski definition) is 1. The van der Waals surface area contributed by atoms with Crippen LogP contribution in [0.1, 0.15) is 38.5 Å². The first-order valence-electron chi connectivity index (χ1n) is 8.60. The van der Waals surface area contributed by atoms with Gasteiger partial charge >= 0.3 is 5.97 Å². The molecule has 0 aromatic heterocycles. The maximum atomic E-state index is 12.3. The van der Waals surface area contributed by atoms with Gasteiger partial charge in [-0.05, 0) is 24.5 Å². The quantitative estimate of drug-likeness (QED) is 0.870. The van der Waals surface area contributed by atoms with Crippen LogP contribution in [-0.2, 0) is 9.59 Å². The smallest absolute Gasteiger partial charge is 0.326 e. The van der Waals surface area contributed by atoms with Crippen molar-refractivity contribution in [3.63, 3.8) is 0 Å². The molecule has 1 aromatic rings. The molecule has 1 unspecified atom stereocenters. The Labute approximate surface area is 141 Å². The molecule has 5 nitrogen and oxygen atoms in total. The molecule has 5 heteroatoms. The van der Waals surface area contributed by atoms with Crippen LogP contribution in [0.4, 0.5) is 0 Å². The number of carboxylic acids is 1. The van der Waals surface area contributed by atoms with Crippen LogP contribution >= 0.6 is 0 Å². The van der Waals surface area contributed by atoms with E-state index in [-0.39, 0.29) is 12.5 Å². The van der Waals surface area contributed by atoms with Gasteiger partial charge in [0.1, 0.15) is 17.6 Å². The minimum Gasteiger partial charge on any atom is -0.480 e. The van der Waals surface area contributed by atoms with Crippen LogP contribution in [0.3, 0.4) is 0 Å². The standard InChI is InChI=1S/C19H23NO4/c21-18-12-16(24-15-9-5-2-6-10-15)13-20(18)17(19(22)23)11-14-7-3-1-4-8-14/h2,5-6,9-10,12,14,17H,1,3-4,7-8,11,13H2,(H,22,23). The van der Waals surface area contributed by atoms with E-state index in [0.717, 1.165) is 25.7 Å². The predicted octanol–water partition coefficient (Wildman–Crippen LogP) is 3.22. The maximum Gasteiger partial charge on any atom is 0.326 e. The molecule has 1 N–H and O–H groups in total. The fourth-order valence-electron chi connectivity index (χ4n) is 3.58. The van der Waals surface area contributed by atoms with Gasteiger partial charge in [-0.1, -0.05) is 50.3 Å². The van der Waals surface area contributed by atoms with Crippen LogP contribution < -0.4 is 4.74 Å². The van der Waals surface area contributed by atoms with Crippen molar-refractivity contribution in [2.45, 2.75) is 44.6 Å². The molecule has 24 heavy (non-hydrogen) atoms. The van der Waals surface area contributed by atoms with E-state index < -0.39 is 12.0 Å². The van der Waals surface area contributed by atoms with Gasteiger partial charge in [-0.15, -0.1) is 0 Å². The lowest BCUT2D eigenvalue weighted by atomic mass is 9.84. The number of para-hydroxylation sites is 1. The molecule has 2 aliphatic rings. The van der Waals surface area contributed by atoms with Gasteiger partial charge in [-0.3, -0.25) is 4.79 Å². The van der Waals surface area contributed by atoms with Gasteiger partial charge in [-0.2, -0.15) is 0 Å². The molecule has 128 valence electrons. The second-order valence-electron chi connectivity index (χ2n) is 6.59. The van der Waals surface area contributed by atoms with Crippen LogP contribution in [0.25, 0.3) is 0 Å². The highest BCUT2D eigenvalue weighted by molar-refractivity contribution is 5.94. The molecule has 1 fully saturated rings. The van der Waals surface area contributed by atoms with Crippen molar-refractivity contribution in [3.05, 3.63) is 42.2 Å². The first kappa shape index (κ1) is 16.6. The van der Waals surface area contributed by atoms with Crippen molar-refractivity contribution < 1.29 is 19.4 Å². The molecule has 1 heterocycles. The minimum absolute atomic E-state index is 0.220. The predicted molar refractivity (Wildman–Crippen MR) is 89.5 cm³/mol. The molecular weight excluding hydrogens is 306 g/mol. The summed E-state index contributed by atoms with van der Waals surface area (Å²) in [6.45, 7) is 0.220.